The molecular formula is C11H15N5O3. The first-order valence-electron chi connectivity index (χ1n) is 5.73. The number of nitrogens with two attached hydrogens (primary N) is 1. The Hall–Kier alpha value is -2.38. The predicted molar refractivity (Wildman–Crippen MR) is 68.7 cm³/mol. The van der Waals surface area contributed by atoms with Crippen molar-refractivity contribution in [3.8, 4) is 0 Å². The Bertz CT molecular complexity index is 685. The first-order chi connectivity index (χ1) is 8.77. The molecule has 0 fully saturated rings. The number of imidazole rings is 1. The number of aromatic amines is 2. The van der Waals surface area contributed by atoms with Crippen LogP contribution in [0.2, 0.25) is 0 Å². The number of anilines is 1. The molecule has 0 atom stereocenters. The van der Waals surface area contributed by atoms with Crippen LogP contribution in [-0.4, -0.2) is 31.0 Å². The highest BCUT2D eigenvalue weighted by Crippen LogP contribution is 2.25. The van der Waals surface area contributed by atoms with E-state index in [1.165, 1.54) is 0 Å². The van der Waals surface area contributed by atoms with Gasteiger partial charge in [-0.25, -0.2) is 4.98 Å². The predicted octanol–water partition coefficient (Wildman–Crippen LogP) is 0.272. The lowest BCUT2D eigenvalue weighted by molar-refractivity contribution is -0.139. The van der Waals surface area contributed by atoms with E-state index in [2.05, 4.69) is 19.9 Å². The van der Waals surface area contributed by atoms with E-state index >= 15 is 0 Å². The van der Waals surface area contributed by atoms with Crippen LogP contribution in [0.25, 0.3) is 11.2 Å². The topological polar surface area (TPSA) is 138 Å². The first-order valence-corrected chi connectivity index (χ1v) is 5.73. The van der Waals surface area contributed by atoms with Crippen LogP contribution in [0.1, 0.15) is 26.1 Å². The number of rotatable bonds is 4. The van der Waals surface area contributed by atoms with Crippen molar-refractivity contribution in [2.45, 2.75) is 26.7 Å². The molecule has 0 aliphatic carbocycles. The molecule has 2 aromatic rings. The van der Waals surface area contributed by atoms with Gasteiger partial charge in [0, 0.05) is 6.42 Å². The molecule has 0 radical (unpaired) electrons. The van der Waals surface area contributed by atoms with Crippen LogP contribution in [0.4, 0.5) is 5.95 Å². The van der Waals surface area contributed by atoms with E-state index in [-0.39, 0.29) is 23.5 Å². The van der Waals surface area contributed by atoms with Gasteiger partial charge in [0.15, 0.2) is 11.2 Å². The highest BCUT2D eigenvalue weighted by atomic mass is 16.4. The van der Waals surface area contributed by atoms with E-state index < -0.39 is 16.9 Å². The molecule has 0 bridgehead atoms. The lowest BCUT2D eigenvalue weighted by Gasteiger charge is -2.20. The molecule has 0 aliphatic rings. The van der Waals surface area contributed by atoms with Crippen LogP contribution in [-0.2, 0) is 11.2 Å². The molecule has 8 nitrogen and oxygen atoms in total. The smallest absolute Gasteiger partial charge is 0.303 e. The van der Waals surface area contributed by atoms with Crippen LogP contribution in [0.5, 0.6) is 0 Å². The highest BCUT2D eigenvalue weighted by Gasteiger charge is 2.24. The zero-order valence-corrected chi connectivity index (χ0v) is 10.6. The molecule has 102 valence electrons. The van der Waals surface area contributed by atoms with Crippen LogP contribution < -0.4 is 11.3 Å². The summed E-state index contributed by atoms with van der Waals surface area (Å²) in [4.78, 5) is 35.7. The van der Waals surface area contributed by atoms with Crippen molar-refractivity contribution in [1.29, 1.82) is 0 Å². The molecule has 0 saturated carbocycles. The second-order valence-corrected chi connectivity index (χ2v) is 5.24. The number of aromatic nitrogens is 4. The summed E-state index contributed by atoms with van der Waals surface area (Å²) in [5.74, 6) is -0.355. The van der Waals surface area contributed by atoms with Crippen molar-refractivity contribution in [3.05, 3.63) is 16.2 Å². The summed E-state index contributed by atoms with van der Waals surface area (Å²) in [7, 11) is 0. The second-order valence-electron chi connectivity index (χ2n) is 5.24. The summed E-state index contributed by atoms with van der Waals surface area (Å²) in [5, 5.41) is 8.83. The van der Waals surface area contributed by atoms with Gasteiger partial charge in [0.2, 0.25) is 5.95 Å². The minimum absolute atomic E-state index is 0.000321. The summed E-state index contributed by atoms with van der Waals surface area (Å²) in [5.41, 5.74) is 5.05. The molecule has 0 amide bonds. The highest BCUT2D eigenvalue weighted by molar-refractivity contribution is 5.70. The van der Waals surface area contributed by atoms with Gasteiger partial charge in [0.1, 0.15) is 5.82 Å². The van der Waals surface area contributed by atoms with Crippen LogP contribution in [0.3, 0.4) is 0 Å². The zero-order valence-electron chi connectivity index (χ0n) is 10.6. The Morgan fingerprint density at radius 3 is 2.68 bits per heavy atom. The Kier molecular flexibility index (Phi) is 3.01. The van der Waals surface area contributed by atoms with E-state index in [9.17, 15) is 9.59 Å². The fraction of sp³-hybridized carbons (Fsp3) is 0.455. The van der Waals surface area contributed by atoms with E-state index in [0.29, 0.717) is 12.2 Å². The Balaban J connectivity index is 2.34. The van der Waals surface area contributed by atoms with Crippen molar-refractivity contribution in [2.75, 3.05) is 5.73 Å². The van der Waals surface area contributed by atoms with Gasteiger partial charge in [-0.1, -0.05) is 13.8 Å². The van der Waals surface area contributed by atoms with Crippen LogP contribution >= 0.6 is 0 Å². The van der Waals surface area contributed by atoms with Crippen molar-refractivity contribution in [3.63, 3.8) is 0 Å². The number of hydrogen-bond donors (Lipinski definition) is 4. The summed E-state index contributed by atoms with van der Waals surface area (Å²) < 4.78 is 0. The van der Waals surface area contributed by atoms with Crippen molar-refractivity contribution < 1.29 is 9.90 Å². The number of aliphatic carboxylic acids is 1. The van der Waals surface area contributed by atoms with E-state index in [0.717, 1.165) is 0 Å². The molecule has 19 heavy (non-hydrogen) atoms. The average molecular weight is 265 g/mol. The summed E-state index contributed by atoms with van der Waals surface area (Å²) in [6.07, 6.45) is 0.408. The molecule has 0 spiro atoms. The third kappa shape index (κ3) is 2.90. The van der Waals surface area contributed by atoms with Gasteiger partial charge in [-0.2, -0.15) is 4.98 Å². The maximum atomic E-state index is 11.6. The summed E-state index contributed by atoms with van der Waals surface area (Å²) in [6.45, 7) is 3.64. The molecule has 0 aromatic carbocycles. The number of nitrogens with zero attached hydrogens (tertiary/aromatic N) is 2. The molecule has 0 unspecified atom stereocenters. The van der Waals surface area contributed by atoms with Gasteiger partial charge in [-0.3, -0.25) is 14.6 Å². The average Bonchev–Trinajstić information content (AvgIpc) is 2.56. The standard InChI is InChI=1S/C11H15N5O3/c1-11(2,4-6(17)18)3-5-13-7-8(14-5)15-10(12)16-9(7)19/h3-4H2,1-2H3,(H,17,18)(H4,12,13,14,15,16,19). The summed E-state index contributed by atoms with van der Waals surface area (Å²) in [6, 6.07) is 0. The third-order valence-corrected chi connectivity index (χ3v) is 2.70. The second kappa shape index (κ2) is 4.38. The van der Waals surface area contributed by atoms with E-state index in [4.69, 9.17) is 10.8 Å². The van der Waals surface area contributed by atoms with Gasteiger partial charge in [-0.05, 0) is 5.41 Å². The van der Waals surface area contributed by atoms with Gasteiger partial charge in [0.05, 0.1) is 6.42 Å². The minimum Gasteiger partial charge on any atom is -0.481 e. The number of H-pyrrole nitrogens is 2. The van der Waals surface area contributed by atoms with E-state index in [1.54, 1.807) is 0 Å². The zero-order chi connectivity index (χ0) is 14.2. The monoisotopic (exact) mass is 265 g/mol. The van der Waals surface area contributed by atoms with Gasteiger partial charge < -0.3 is 15.8 Å². The molecule has 0 aliphatic heterocycles. The minimum atomic E-state index is -0.874. The van der Waals surface area contributed by atoms with Gasteiger partial charge >= 0.3 is 5.97 Å². The normalized spacial score (nSPS) is 11.9. The first kappa shape index (κ1) is 13.1. The number of carbonyl (C=O) groups is 1. The molecule has 2 aromatic heterocycles. The fourth-order valence-electron chi connectivity index (χ4n) is 1.98. The molecule has 8 heteroatoms. The quantitative estimate of drug-likeness (QED) is 0.626. The Morgan fingerprint density at radius 2 is 2.05 bits per heavy atom. The lowest BCUT2D eigenvalue weighted by Crippen LogP contribution is -2.20. The van der Waals surface area contributed by atoms with Crippen LogP contribution in [0, 0.1) is 5.41 Å². The third-order valence-electron chi connectivity index (χ3n) is 2.70. The van der Waals surface area contributed by atoms with Crippen molar-refractivity contribution in [2.24, 2.45) is 5.41 Å². The Morgan fingerprint density at radius 1 is 1.37 bits per heavy atom. The lowest BCUT2D eigenvalue weighted by atomic mass is 9.85. The van der Waals surface area contributed by atoms with E-state index in [1.807, 2.05) is 13.8 Å². The fourth-order valence-corrected chi connectivity index (χ4v) is 1.98. The molecule has 2 heterocycles. The van der Waals surface area contributed by atoms with Crippen molar-refractivity contribution in [1.82, 2.24) is 19.9 Å². The number of carboxylic acids is 1. The number of hydrogen-bond acceptors (Lipinski definition) is 5. The van der Waals surface area contributed by atoms with Gasteiger partial charge in [-0.15, -0.1) is 0 Å². The SMILES string of the molecule is CC(C)(CC(=O)O)Cc1nc2nc(N)[nH]c(=O)c2[nH]1. The van der Waals surface area contributed by atoms with Gasteiger partial charge in [0.25, 0.3) is 5.56 Å². The summed E-state index contributed by atoms with van der Waals surface area (Å²) >= 11 is 0. The largest absolute Gasteiger partial charge is 0.481 e. The number of nitrogen functional groups attached to an aromatic ring is 1. The number of fused-ring (bicyclic) bond motifs is 1. The number of carboxylic acid groups (broad SMARTS) is 1. The Labute approximate surface area is 108 Å². The maximum Gasteiger partial charge on any atom is 0.303 e. The molecular weight excluding hydrogens is 250 g/mol. The number of nitrogens with one attached hydrogen (secondary N) is 2. The molecule has 2 rings (SSSR count). The van der Waals surface area contributed by atoms with Crippen LogP contribution in [0.15, 0.2) is 4.79 Å². The molecule has 0 saturated heterocycles. The molecule has 5 N–H and O–H groups in total. The van der Waals surface area contributed by atoms with Crippen molar-refractivity contribution >= 4 is 23.1 Å². The maximum absolute atomic E-state index is 11.6.